The van der Waals surface area contributed by atoms with E-state index in [1.54, 1.807) is 0 Å². The summed E-state index contributed by atoms with van der Waals surface area (Å²) in [4.78, 5) is 12.2. The Bertz CT molecular complexity index is 798. The summed E-state index contributed by atoms with van der Waals surface area (Å²) in [5.74, 6) is 0. The Labute approximate surface area is 116 Å². The lowest BCUT2D eigenvalue weighted by Crippen LogP contribution is -1.98. The van der Waals surface area contributed by atoms with Crippen LogP contribution in [0.4, 0.5) is 0 Å². The molecule has 19 heavy (non-hydrogen) atoms. The van der Waals surface area contributed by atoms with Crippen molar-refractivity contribution in [3.63, 3.8) is 0 Å². The second-order valence-corrected chi connectivity index (χ2v) is 5.87. The Morgan fingerprint density at radius 3 is 2.26 bits per heavy atom. The predicted molar refractivity (Wildman–Crippen MR) is 83.0 cm³/mol. The Hall–Kier alpha value is -1.93. The number of fused-ring (bicyclic) bond motifs is 1. The van der Waals surface area contributed by atoms with E-state index >= 15 is 0 Å². The number of hydrogen-bond acceptors (Lipinski definition) is 2. The van der Waals surface area contributed by atoms with Gasteiger partial charge in [0.25, 0.3) is 0 Å². The van der Waals surface area contributed by atoms with E-state index in [1.807, 2.05) is 49.4 Å². The fraction of sp³-hybridized carbons (Fsp3) is 0.118. The zero-order chi connectivity index (χ0) is 13.4. The molecule has 0 bridgehead atoms. The van der Waals surface area contributed by atoms with Gasteiger partial charge in [-0.25, -0.2) is 0 Å². The third-order valence-corrected chi connectivity index (χ3v) is 4.25. The molecule has 0 aliphatic heterocycles. The molecule has 1 aromatic heterocycles. The zero-order valence-corrected chi connectivity index (χ0v) is 11.8. The van der Waals surface area contributed by atoms with Gasteiger partial charge in [-0.3, -0.25) is 4.79 Å². The largest absolute Gasteiger partial charge is 0.277 e. The summed E-state index contributed by atoms with van der Waals surface area (Å²) in [7, 11) is 0. The highest BCUT2D eigenvalue weighted by atomic mass is 32.1. The van der Waals surface area contributed by atoms with Gasteiger partial charge in [0, 0.05) is 10.3 Å². The smallest absolute Gasteiger partial charge is 0.240 e. The third-order valence-electron chi connectivity index (χ3n) is 3.25. The zero-order valence-electron chi connectivity index (χ0n) is 10.9. The van der Waals surface area contributed by atoms with Crippen molar-refractivity contribution in [3.05, 3.63) is 69.2 Å². The van der Waals surface area contributed by atoms with E-state index in [4.69, 9.17) is 0 Å². The highest BCUT2D eigenvalue weighted by Crippen LogP contribution is 2.24. The number of hydrogen-bond donors (Lipinski definition) is 0. The van der Waals surface area contributed by atoms with E-state index < -0.39 is 0 Å². The summed E-state index contributed by atoms with van der Waals surface area (Å²) in [6, 6.07) is 16.3. The minimum Gasteiger partial charge on any atom is -0.277 e. The molecule has 0 fully saturated rings. The average Bonchev–Trinajstić information content (AvgIpc) is 2.40. The molecule has 2 heteroatoms. The lowest BCUT2D eigenvalue weighted by molar-refractivity contribution is 1.47. The van der Waals surface area contributed by atoms with Crippen LogP contribution in [0.2, 0.25) is 0 Å². The lowest BCUT2D eigenvalue weighted by Gasteiger charge is -2.04. The highest BCUT2D eigenvalue weighted by Gasteiger charge is 2.06. The third kappa shape index (κ3) is 2.32. The second kappa shape index (κ2) is 4.63. The summed E-state index contributed by atoms with van der Waals surface area (Å²) in [5, 5.41) is 1.14. The van der Waals surface area contributed by atoms with Gasteiger partial charge in [-0.1, -0.05) is 58.9 Å². The molecule has 2 aromatic carbocycles. The summed E-state index contributed by atoms with van der Waals surface area (Å²) in [5.41, 5.74) is 4.21. The van der Waals surface area contributed by atoms with E-state index in [9.17, 15) is 4.79 Å². The van der Waals surface area contributed by atoms with Crippen LogP contribution in [0, 0.1) is 13.8 Å². The van der Waals surface area contributed by atoms with Crippen molar-refractivity contribution in [3.8, 4) is 11.1 Å². The first-order valence-corrected chi connectivity index (χ1v) is 7.07. The quantitative estimate of drug-likeness (QED) is 0.631. The molecular formula is C17H14OS. The van der Waals surface area contributed by atoms with Gasteiger partial charge < -0.3 is 0 Å². The van der Waals surface area contributed by atoms with E-state index in [1.165, 1.54) is 22.5 Å². The SMILES string of the molecule is Cc1ccc(-c2cc3cc(C)ccc3sc2=O)cc1. The molecular weight excluding hydrogens is 252 g/mol. The lowest BCUT2D eigenvalue weighted by atomic mass is 10.1. The van der Waals surface area contributed by atoms with Crippen molar-refractivity contribution in [2.24, 2.45) is 0 Å². The molecule has 0 aliphatic rings. The van der Waals surface area contributed by atoms with Gasteiger partial charge in [0.2, 0.25) is 4.74 Å². The van der Waals surface area contributed by atoms with Crippen LogP contribution in [0.25, 0.3) is 21.2 Å². The standard InChI is InChI=1S/C17H14OS/c1-11-3-6-13(7-4-11)15-10-14-9-12(2)5-8-16(14)19-17(15)18/h3-10H,1-2H3. The molecule has 0 unspecified atom stereocenters. The summed E-state index contributed by atoms with van der Waals surface area (Å²) < 4.78 is 1.17. The number of benzene rings is 2. The molecule has 0 spiro atoms. The Morgan fingerprint density at radius 1 is 0.842 bits per heavy atom. The van der Waals surface area contributed by atoms with Crippen molar-refractivity contribution in [2.45, 2.75) is 13.8 Å². The highest BCUT2D eigenvalue weighted by molar-refractivity contribution is 7.16. The van der Waals surface area contributed by atoms with Gasteiger partial charge in [0.05, 0.1) is 0 Å². The monoisotopic (exact) mass is 266 g/mol. The van der Waals surface area contributed by atoms with E-state index in [2.05, 4.69) is 13.0 Å². The van der Waals surface area contributed by atoms with Crippen LogP contribution in [0.3, 0.4) is 0 Å². The molecule has 3 rings (SSSR count). The fourth-order valence-corrected chi connectivity index (χ4v) is 3.04. The molecule has 0 aliphatic carbocycles. The number of aryl methyl sites for hydroxylation is 2. The van der Waals surface area contributed by atoms with Crippen LogP contribution in [0.15, 0.2) is 53.3 Å². The molecule has 0 saturated carbocycles. The van der Waals surface area contributed by atoms with Gasteiger partial charge in [0.15, 0.2) is 0 Å². The van der Waals surface area contributed by atoms with Crippen molar-refractivity contribution in [1.82, 2.24) is 0 Å². The van der Waals surface area contributed by atoms with Crippen LogP contribution >= 0.6 is 11.3 Å². The first-order valence-electron chi connectivity index (χ1n) is 6.25. The van der Waals surface area contributed by atoms with E-state index in [-0.39, 0.29) is 4.74 Å². The molecule has 94 valence electrons. The molecule has 1 heterocycles. The van der Waals surface area contributed by atoms with Crippen molar-refractivity contribution < 1.29 is 0 Å². The number of rotatable bonds is 1. The topological polar surface area (TPSA) is 17.1 Å². The Kier molecular flexibility index (Phi) is 2.96. The Balaban J connectivity index is 2.26. The first kappa shape index (κ1) is 12.1. The predicted octanol–water partition coefficient (Wildman–Crippen LogP) is 4.55. The first-order chi connectivity index (χ1) is 9.13. The minimum absolute atomic E-state index is 0.125. The Morgan fingerprint density at radius 2 is 1.53 bits per heavy atom. The van der Waals surface area contributed by atoms with Gasteiger partial charge in [-0.15, -0.1) is 0 Å². The molecule has 0 N–H and O–H groups in total. The van der Waals surface area contributed by atoms with Gasteiger partial charge in [-0.05, 0) is 36.9 Å². The van der Waals surface area contributed by atoms with Crippen LogP contribution in [0.5, 0.6) is 0 Å². The average molecular weight is 266 g/mol. The van der Waals surface area contributed by atoms with Gasteiger partial charge in [-0.2, -0.15) is 0 Å². The fourth-order valence-electron chi connectivity index (χ4n) is 2.18. The maximum atomic E-state index is 12.2. The van der Waals surface area contributed by atoms with E-state index in [0.717, 1.165) is 21.2 Å². The summed E-state index contributed by atoms with van der Waals surface area (Å²) in [6.07, 6.45) is 0. The van der Waals surface area contributed by atoms with Gasteiger partial charge >= 0.3 is 0 Å². The van der Waals surface area contributed by atoms with Crippen molar-refractivity contribution in [1.29, 1.82) is 0 Å². The molecule has 3 aromatic rings. The molecule has 0 atom stereocenters. The maximum absolute atomic E-state index is 12.2. The maximum Gasteiger partial charge on any atom is 0.240 e. The summed E-state index contributed by atoms with van der Waals surface area (Å²) in [6.45, 7) is 4.12. The van der Waals surface area contributed by atoms with Crippen LogP contribution in [-0.2, 0) is 0 Å². The van der Waals surface area contributed by atoms with Crippen molar-refractivity contribution in [2.75, 3.05) is 0 Å². The van der Waals surface area contributed by atoms with Crippen molar-refractivity contribution >= 4 is 21.4 Å². The second-order valence-electron chi connectivity index (χ2n) is 4.85. The van der Waals surface area contributed by atoms with Crippen LogP contribution in [0.1, 0.15) is 11.1 Å². The van der Waals surface area contributed by atoms with Gasteiger partial charge in [0.1, 0.15) is 0 Å². The van der Waals surface area contributed by atoms with Crippen LogP contribution in [-0.4, -0.2) is 0 Å². The molecule has 1 nitrogen and oxygen atoms in total. The van der Waals surface area contributed by atoms with E-state index in [0.29, 0.717) is 0 Å². The molecule has 0 radical (unpaired) electrons. The summed E-state index contributed by atoms with van der Waals surface area (Å²) >= 11 is 1.32. The minimum atomic E-state index is 0.125. The van der Waals surface area contributed by atoms with Crippen LogP contribution < -0.4 is 4.74 Å². The molecule has 0 amide bonds. The normalized spacial score (nSPS) is 10.8. The molecule has 0 saturated heterocycles.